The lowest BCUT2D eigenvalue weighted by molar-refractivity contribution is 0.424. The van der Waals surface area contributed by atoms with E-state index in [0.717, 1.165) is 5.56 Å². The molecule has 1 N–H and O–H groups in total. The van der Waals surface area contributed by atoms with Crippen LogP contribution >= 0.6 is 23.2 Å². The van der Waals surface area contributed by atoms with Gasteiger partial charge in [0, 0.05) is 12.6 Å². The summed E-state index contributed by atoms with van der Waals surface area (Å²) in [6.07, 6.45) is 2.13. The first-order valence-electron chi connectivity index (χ1n) is 6.01. The van der Waals surface area contributed by atoms with E-state index < -0.39 is 0 Å². The topological polar surface area (TPSA) is 78.5 Å². The Kier molecular flexibility index (Phi) is 3.65. The molecule has 0 spiro atoms. The molecular weight excluding hydrogens is 311 g/mol. The van der Waals surface area contributed by atoms with Gasteiger partial charge < -0.3 is 9.51 Å². The maximum atomic E-state index is 8.78. The second-order valence-electron chi connectivity index (χ2n) is 4.35. The van der Waals surface area contributed by atoms with Crippen molar-refractivity contribution in [1.29, 1.82) is 5.26 Å². The quantitative estimate of drug-likeness (QED) is 0.795. The summed E-state index contributed by atoms with van der Waals surface area (Å²) >= 11 is 11.8. The first kappa shape index (κ1) is 13.7. The molecule has 1 aromatic carbocycles. The number of hydrogen-bond acceptors (Lipinski definition) is 4. The van der Waals surface area contributed by atoms with E-state index in [0.29, 0.717) is 39.4 Å². The van der Waals surface area contributed by atoms with Crippen molar-refractivity contribution in [3.63, 3.8) is 0 Å². The zero-order valence-corrected chi connectivity index (χ0v) is 12.1. The van der Waals surface area contributed by atoms with Gasteiger partial charge in [-0.25, -0.2) is 0 Å². The molecule has 2 aromatic heterocycles. The van der Waals surface area contributed by atoms with Crippen LogP contribution in [0.4, 0.5) is 0 Å². The third-order valence-corrected chi connectivity index (χ3v) is 3.60. The van der Waals surface area contributed by atoms with E-state index in [4.69, 9.17) is 33.0 Å². The van der Waals surface area contributed by atoms with Crippen LogP contribution in [0, 0.1) is 11.3 Å². The number of aromatic amines is 1. The summed E-state index contributed by atoms with van der Waals surface area (Å²) < 4.78 is 5.19. The van der Waals surface area contributed by atoms with Gasteiger partial charge in [-0.2, -0.15) is 10.2 Å². The molecule has 0 atom stereocenters. The van der Waals surface area contributed by atoms with Gasteiger partial charge in [-0.15, -0.1) is 0 Å². The minimum atomic E-state index is 0.364. The molecule has 21 heavy (non-hydrogen) atoms. The Bertz CT molecular complexity index is 832. The molecule has 104 valence electrons. The van der Waals surface area contributed by atoms with Crippen molar-refractivity contribution >= 4 is 23.2 Å². The van der Waals surface area contributed by atoms with Crippen LogP contribution in [0.3, 0.4) is 0 Å². The first-order chi connectivity index (χ1) is 10.2. The van der Waals surface area contributed by atoms with Crippen molar-refractivity contribution < 1.29 is 4.52 Å². The van der Waals surface area contributed by atoms with Gasteiger partial charge in [-0.3, -0.25) is 0 Å². The Hall–Kier alpha value is -2.29. The largest absolute Gasteiger partial charge is 0.352 e. The third kappa shape index (κ3) is 2.92. The molecule has 7 heteroatoms. The highest BCUT2D eigenvalue weighted by molar-refractivity contribution is 6.42. The SMILES string of the molecule is N#Cc1cc(-c2nc(Cc3ccc(Cl)c(Cl)c3)no2)c[nH]1. The van der Waals surface area contributed by atoms with Crippen LogP contribution in [-0.2, 0) is 6.42 Å². The molecule has 0 radical (unpaired) electrons. The number of H-pyrrole nitrogens is 1. The van der Waals surface area contributed by atoms with Crippen LogP contribution in [0.25, 0.3) is 11.5 Å². The zero-order chi connectivity index (χ0) is 14.8. The molecule has 0 fully saturated rings. The van der Waals surface area contributed by atoms with Crippen molar-refractivity contribution in [3.05, 3.63) is 57.6 Å². The molecule has 5 nitrogen and oxygen atoms in total. The molecule has 0 bridgehead atoms. The Morgan fingerprint density at radius 2 is 2.10 bits per heavy atom. The number of rotatable bonds is 3. The average molecular weight is 319 g/mol. The van der Waals surface area contributed by atoms with E-state index in [-0.39, 0.29) is 0 Å². The van der Waals surface area contributed by atoms with Crippen LogP contribution in [0.2, 0.25) is 10.0 Å². The lowest BCUT2D eigenvalue weighted by Crippen LogP contribution is -1.90. The van der Waals surface area contributed by atoms with Crippen molar-refractivity contribution in [2.24, 2.45) is 0 Å². The standard InChI is InChI=1S/C14H8Cl2N4O/c15-11-2-1-8(3-12(11)16)4-13-19-14(21-20-13)9-5-10(6-17)18-7-9/h1-3,5,7,18H,4H2. The fourth-order valence-electron chi connectivity index (χ4n) is 1.86. The summed E-state index contributed by atoms with van der Waals surface area (Å²) in [5, 5.41) is 13.7. The van der Waals surface area contributed by atoms with Gasteiger partial charge in [-0.1, -0.05) is 34.4 Å². The normalized spacial score (nSPS) is 10.5. The van der Waals surface area contributed by atoms with Gasteiger partial charge in [0.15, 0.2) is 5.82 Å². The van der Waals surface area contributed by atoms with E-state index in [9.17, 15) is 0 Å². The predicted molar refractivity (Wildman–Crippen MR) is 78.1 cm³/mol. The van der Waals surface area contributed by atoms with Gasteiger partial charge in [0.2, 0.25) is 0 Å². The first-order valence-corrected chi connectivity index (χ1v) is 6.76. The number of benzene rings is 1. The molecule has 0 unspecified atom stereocenters. The molecule has 0 saturated carbocycles. The fraction of sp³-hybridized carbons (Fsp3) is 0.0714. The predicted octanol–water partition coefficient (Wildman–Crippen LogP) is 3.83. The van der Waals surface area contributed by atoms with E-state index >= 15 is 0 Å². The van der Waals surface area contributed by atoms with E-state index in [1.807, 2.05) is 12.1 Å². The van der Waals surface area contributed by atoms with E-state index in [1.165, 1.54) is 0 Å². The molecule has 0 aliphatic heterocycles. The lowest BCUT2D eigenvalue weighted by Gasteiger charge is -1.99. The molecule has 0 amide bonds. The van der Waals surface area contributed by atoms with Gasteiger partial charge in [0.05, 0.1) is 15.6 Å². The molecule has 0 saturated heterocycles. The van der Waals surface area contributed by atoms with Crippen molar-refractivity contribution in [1.82, 2.24) is 15.1 Å². The Balaban J connectivity index is 1.81. The fourth-order valence-corrected chi connectivity index (χ4v) is 2.18. The highest BCUT2D eigenvalue weighted by atomic mass is 35.5. The number of nitrogens with one attached hydrogen (secondary N) is 1. The van der Waals surface area contributed by atoms with Crippen LogP contribution in [0.5, 0.6) is 0 Å². The number of aromatic nitrogens is 3. The highest BCUT2D eigenvalue weighted by Crippen LogP contribution is 2.24. The summed E-state index contributed by atoms with van der Waals surface area (Å²) in [5.41, 5.74) is 2.05. The molecule has 2 heterocycles. The number of hydrogen-bond donors (Lipinski definition) is 1. The average Bonchev–Trinajstić information content (AvgIpc) is 3.11. The van der Waals surface area contributed by atoms with E-state index in [2.05, 4.69) is 15.1 Å². The number of halogens is 2. The monoisotopic (exact) mass is 318 g/mol. The van der Waals surface area contributed by atoms with Crippen LogP contribution in [0.15, 0.2) is 35.0 Å². The summed E-state index contributed by atoms with van der Waals surface area (Å²) in [5.74, 6) is 0.894. The third-order valence-electron chi connectivity index (χ3n) is 2.86. The van der Waals surface area contributed by atoms with Crippen LogP contribution in [0.1, 0.15) is 17.1 Å². The highest BCUT2D eigenvalue weighted by Gasteiger charge is 2.11. The van der Waals surface area contributed by atoms with Gasteiger partial charge in [0.1, 0.15) is 11.8 Å². The van der Waals surface area contributed by atoms with Gasteiger partial charge >= 0.3 is 0 Å². The Morgan fingerprint density at radius 1 is 1.24 bits per heavy atom. The molecule has 0 aliphatic carbocycles. The Labute approximate surface area is 130 Å². The van der Waals surface area contributed by atoms with Crippen molar-refractivity contribution in [2.75, 3.05) is 0 Å². The minimum Gasteiger partial charge on any atom is -0.352 e. The summed E-state index contributed by atoms with van der Waals surface area (Å²) in [6, 6.07) is 9.00. The van der Waals surface area contributed by atoms with Crippen molar-refractivity contribution in [2.45, 2.75) is 6.42 Å². The summed E-state index contributed by atoms with van der Waals surface area (Å²) in [6.45, 7) is 0. The second kappa shape index (κ2) is 5.60. The molecular formula is C14H8Cl2N4O. The molecule has 3 rings (SSSR count). The summed E-state index contributed by atoms with van der Waals surface area (Å²) in [7, 11) is 0. The maximum absolute atomic E-state index is 8.78. The van der Waals surface area contributed by atoms with E-state index in [1.54, 1.807) is 24.4 Å². The van der Waals surface area contributed by atoms with Crippen LogP contribution < -0.4 is 0 Å². The smallest absolute Gasteiger partial charge is 0.259 e. The zero-order valence-electron chi connectivity index (χ0n) is 10.6. The number of nitrogens with zero attached hydrogens (tertiary/aromatic N) is 3. The molecule has 3 aromatic rings. The number of nitriles is 1. The summed E-state index contributed by atoms with van der Waals surface area (Å²) in [4.78, 5) is 7.10. The minimum absolute atomic E-state index is 0.364. The Morgan fingerprint density at radius 3 is 2.81 bits per heavy atom. The van der Waals surface area contributed by atoms with Gasteiger partial charge in [0.25, 0.3) is 5.89 Å². The van der Waals surface area contributed by atoms with Crippen LogP contribution in [-0.4, -0.2) is 15.1 Å². The van der Waals surface area contributed by atoms with Crippen molar-refractivity contribution in [3.8, 4) is 17.5 Å². The molecule has 0 aliphatic rings. The second-order valence-corrected chi connectivity index (χ2v) is 5.17. The lowest BCUT2D eigenvalue weighted by atomic mass is 10.1. The maximum Gasteiger partial charge on any atom is 0.259 e. The van der Waals surface area contributed by atoms with Gasteiger partial charge in [-0.05, 0) is 23.8 Å².